The third kappa shape index (κ3) is 3.08. The molecule has 0 saturated carbocycles. The van der Waals surface area contributed by atoms with Gasteiger partial charge in [-0.2, -0.15) is 0 Å². The number of nitrogens with one attached hydrogen (secondary N) is 1. The summed E-state index contributed by atoms with van der Waals surface area (Å²) in [5, 5.41) is 2.93. The third-order valence-corrected chi connectivity index (χ3v) is 4.19. The lowest BCUT2D eigenvalue weighted by atomic mass is 10.1. The van der Waals surface area contributed by atoms with E-state index in [1.807, 2.05) is 25.1 Å². The van der Waals surface area contributed by atoms with E-state index in [4.69, 9.17) is 4.42 Å². The standard InChI is InChI=1S/C18H19N3O3/c1-3-16(22)21-9-4-5-15(21)17(23)20-14-11-13(7-6-12(14)2)18-19-8-10-24-18/h3,6-8,10-11,15H,1,4-5,9H2,2H3,(H,20,23). The van der Waals surface area contributed by atoms with Crippen LogP contribution in [0.2, 0.25) is 0 Å². The minimum absolute atomic E-state index is 0.185. The molecule has 1 atom stereocenters. The zero-order valence-corrected chi connectivity index (χ0v) is 13.5. The number of oxazole rings is 1. The number of aryl methyl sites for hydroxylation is 1. The van der Waals surface area contributed by atoms with Crippen LogP contribution in [-0.4, -0.2) is 34.3 Å². The summed E-state index contributed by atoms with van der Waals surface area (Å²) in [6.07, 6.45) is 5.80. The Bertz CT molecular complexity index is 768. The molecule has 6 nitrogen and oxygen atoms in total. The maximum absolute atomic E-state index is 12.6. The average Bonchev–Trinajstić information content (AvgIpc) is 3.27. The van der Waals surface area contributed by atoms with Crippen molar-refractivity contribution in [3.05, 3.63) is 48.9 Å². The molecule has 1 aromatic carbocycles. The molecule has 0 aliphatic carbocycles. The Labute approximate surface area is 140 Å². The largest absolute Gasteiger partial charge is 0.445 e. The van der Waals surface area contributed by atoms with E-state index in [1.54, 1.807) is 11.1 Å². The molecule has 2 aromatic rings. The molecule has 1 N–H and O–H groups in total. The number of aromatic nitrogens is 1. The highest BCUT2D eigenvalue weighted by Gasteiger charge is 2.33. The van der Waals surface area contributed by atoms with Crippen LogP contribution in [0.4, 0.5) is 5.69 Å². The van der Waals surface area contributed by atoms with Gasteiger partial charge in [-0.3, -0.25) is 9.59 Å². The maximum Gasteiger partial charge on any atom is 0.247 e. The number of nitrogens with zero attached hydrogens (tertiary/aromatic N) is 2. The van der Waals surface area contributed by atoms with Crippen molar-refractivity contribution in [1.29, 1.82) is 0 Å². The summed E-state index contributed by atoms with van der Waals surface area (Å²) in [5.41, 5.74) is 2.40. The molecular formula is C18H19N3O3. The van der Waals surface area contributed by atoms with Crippen LogP contribution < -0.4 is 5.32 Å². The molecule has 1 saturated heterocycles. The van der Waals surface area contributed by atoms with E-state index in [0.717, 1.165) is 17.5 Å². The van der Waals surface area contributed by atoms with Gasteiger partial charge < -0.3 is 14.6 Å². The Kier molecular flexibility index (Phi) is 4.46. The second-order valence-electron chi connectivity index (χ2n) is 5.75. The van der Waals surface area contributed by atoms with E-state index < -0.39 is 6.04 Å². The predicted octanol–water partition coefficient (Wildman–Crippen LogP) is 2.77. The second kappa shape index (κ2) is 6.70. The van der Waals surface area contributed by atoms with E-state index in [-0.39, 0.29) is 11.8 Å². The fourth-order valence-electron chi connectivity index (χ4n) is 2.89. The Morgan fingerprint density at radius 2 is 2.29 bits per heavy atom. The van der Waals surface area contributed by atoms with Gasteiger partial charge in [-0.1, -0.05) is 12.6 Å². The Morgan fingerprint density at radius 1 is 1.46 bits per heavy atom. The quantitative estimate of drug-likeness (QED) is 0.877. The van der Waals surface area contributed by atoms with Gasteiger partial charge in [0.2, 0.25) is 17.7 Å². The van der Waals surface area contributed by atoms with Gasteiger partial charge in [0.05, 0.1) is 6.20 Å². The molecule has 0 spiro atoms. The van der Waals surface area contributed by atoms with Crippen LogP contribution in [0, 0.1) is 6.92 Å². The van der Waals surface area contributed by atoms with Gasteiger partial charge in [0, 0.05) is 17.8 Å². The molecule has 1 aromatic heterocycles. The Morgan fingerprint density at radius 3 is 3.00 bits per heavy atom. The van der Waals surface area contributed by atoms with Gasteiger partial charge >= 0.3 is 0 Å². The van der Waals surface area contributed by atoms with Gasteiger partial charge in [0.15, 0.2) is 0 Å². The van der Waals surface area contributed by atoms with Crippen LogP contribution in [0.3, 0.4) is 0 Å². The molecule has 124 valence electrons. The van der Waals surface area contributed by atoms with Crippen LogP contribution >= 0.6 is 0 Å². The molecule has 0 radical (unpaired) electrons. The average molecular weight is 325 g/mol. The number of carbonyl (C=O) groups excluding carboxylic acids is 2. The molecule has 24 heavy (non-hydrogen) atoms. The Balaban J connectivity index is 1.80. The highest BCUT2D eigenvalue weighted by atomic mass is 16.3. The molecule has 1 aliphatic rings. The second-order valence-corrected chi connectivity index (χ2v) is 5.75. The molecule has 3 rings (SSSR count). The molecule has 6 heteroatoms. The van der Waals surface area contributed by atoms with Gasteiger partial charge in [0.25, 0.3) is 0 Å². The van der Waals surface area contributed by atoms with Crippen LogP contribution in [-0.2, 0) is 9.59 Å². The molecule has 2 heterocycles. The van der Waals surface area contributed by atoms with E-state index in [9.17, 15) is 9.59 Å². The van der Waals surface area contributed by atoms with E-state index in [1.165, 1.54) is 12.3 Å². The van der Waals surface area contributed by atoms with Crippen molar-refractivity contribution in [2.24, 2.45) is 0 Å². The fourth-order valence-corrected chi connectivity index (χ4v) is 2.89. The van der Waals surface area contributed by atoms with Gasteiger partial charge in [0.1, 0.15) is 12.3 Å². The summed E-state index contributed by atoms with van der Waals surface area (Å²) >= 11 is 0. The SMILES string of the molecule is C=CC(=O)N1CCCC1C(=O)Nc1cc(-c2ncco2)ccc1C. The van der Waals surface area contributed by atoms with Crippen LogP contribution in [0.1, 0.15) is 18.4 Å². The van der Waals surface area contributed by atoms with Crippen molar-refractivity contribution in [2.45, 2.75) is 25.8 Å². The molecule has 1 unspecified atom stereocenters. The predicted molar refractivity (Wildman–Crippen MR) is 90.2 cm³/mol. The highest BCUT2D eigenvalue weighted by molar-refractivity contribution is 6.00. The summed E-state index contributed by atoms with van der Waals surface area (Å²) in [4.78, 5) is 30.2. The number of hydrogen-bond donors (Lipinski definition) is 1. The van der Waals surface area contributed by atoms with Crippen molar-refractivity contribution >= 4 is 17.5 Å². The maximum atomic E-state index is 12.6. The van der Waals surface area contributed by atoms with Crippen molar-refractivity contribution in [1.82, 2.24) is 9.88 Å². The molecular weight excluding hydrogens is 306 g/mol. The smallest absolute Gasteiger partial charge is 0.247 e. The molecule has 0 bridgehead atoms. The van der Waals surface area contributed by atoms with Gasteiger partial charge in [-0.05, 0) is 43.5 Å². The number of likely N-dealkylation sites (tertiary alicyclic amines) is 1. The summed E-state index contributed by atoms with van der Waals surface area (Å²) < 4.78 is 5.29. The number of benzene rings is 1. The fraction of sp³-hybridized carbons (Fsp3) is 0.278. The van der Waals surface area contributed by atoms with Crippen LogP contribution in [0.5, 0.6) is 0 Å². The van der Waals surface area contributed by atoms with Crippen LogP contribution in [0.15, 0.2) is 47.7 Å². The molecule has 1 fully saturated rings. The summed E-state index contributed by atoms with van der Waals surface area (Å²) in [6.45, 7) is 5.99. The minimum atomic E-state index is -0.458. The third-order valence-electron chi connectivity index (χ3n) is 4.19. The zero-order valence-electron chi connectivity index (χ0n) is 13.5. The Hall–Kier alpha value is -2.89. The van der Waals surface area contributed by atoms with E-state index >= 15 is 0 Å². The highest BCUT2D eigenvalue weighted by Crippen LogP contribution is 2.26. The first kappa shape index (κ1) is 16.0. The number of anilines is 1. The minimum Gasteiger partial charge on any atom is -0.445 e. The van der Waals surface area contributed by atoms with Crippen LogP contribution in [0.25, 0.3) is 11.5 Å². The van der Waals surface area contributed by atoms with Crippen molar-refractivity contribution in [2.75, 3.05) is 11.9 Å². The van der Waals surface area contributed by atoms with E-state index in [0.29, 0.717) is 24.5 Å². The normalized spacial score (nSPS) is 16.9. The number of amides is 2. The summed E-state index contributed by atoms with van der Waals surface area (Å²) in [7, 11) is 0. The van der Waals surface area contributed by atoms with Crippen molar-refractivity contribution < 1.29 is 14.0 Å². The van der Waals surface area contributed by atoms with Gasteiger partial charge in [-0.15, -0.1) is 0 Å². The van der Waals surface area contributed by atoms with Crippen molar-refractivity contribution in [3.8, 4) is 11.5 Å². The topological polar surface area (TPSA) is 75.4 Å². The number of hydrogen-bond acceptors (Lipinski definition) is 4. The first-order valence-electron chi connectivity index (χ1n) is 7.84. The van der Waals surface area contributed by atoms with Gasteiger partial charge in [-0.25, -0.2) is 4.98 Å². The van der Waals surface area contributed by atoms with Crippen molar-refractivity contribution in [3.63, 3.8) is 0 Å². The number of rotatable bonds is 4. The van der Waals surface area contributed by atoms with E-state index in [2.05, 4.69) is 16.9 Å². The lowest BCUT2D eigenvalue weighted by Gasteiger charge is -2.23. The zero-order chi connectivity index (χ0) is 17.1. The lowest BCUT2D eigenvalue weighted by molar-refractivity contribution is -0.132. The molecule has 1 aliphatic heterocycles. The first-order chi connectivity index (χ1) is 11.6. The summed E-state index contributed by atoms with van der Waals surface area (Å²) in [6, 6.07) is 5.16. The molecule has 2 amide bonds. The monoisotopic (exact) mass is 325 g/mol. The summed E-state index contributed by atoms with van der Waals surface area (Å²) in [5.74, 6) is 0.100. The first-order valence-corrected chi connectivity index (χ1v) is 7.84. The lowest BCUT2D eigenvalue weighted by Crippen LogP contribution is -2.42. The number of carbonyl (C=O) groups is 2.